The standard InChI is InChI=1S/C72H45BN4/c1-4-16-46(17-5-1)48-30-36-53(37-31-48)74-64-40-34-50-42-60(64)73-61-43-51(57-25-15-29-67-71(57)70-56(50)24-14-28-66(70)76(67)52-20-8-3-9-21-52)35-41-65(61)75(54-38-32-49(33-39-54)47-18-6-2-7-19-47)69-45-55(44-68(74)72(69)73)77-62-26-12-10-22-58(62)59-23-11-13-27-63(59)77/h1-45H. The molecule has 0 unspecified atom stereocenters. The van der Waals surface area contributed by atoms with Crippen LogP contribution in [0.3, 0.4) is 0 Å². The predicted molar refractivity (Wildman–Crippen MR) is 324 cm³/mol. The van der Waals surface area contributed by atoms with E-state index in [1.165, 1.54) is 127 Å². The molecule has 17 rings (SSSR count). The molecule has 2 aromatic heterocycles. The van der Waals surface area contributed by atoms with Crippen LogP contribution in [0.25, 0.3) is 99.5 Å². The highest BCUT2D eigenvalue weighted by molar-refractivity contribution is 7.00. The Balaban J connectivity index is 1.00. The van der Waals surface area contributed by atoms with Crippen molar-refractivity contribution in [2.45, 2.75) is 0 Å². The third-order valence-electron chi connectivity index (χ3n) is 16.8. The van der Waals surface area contributed by atoms with Gasteiger partial charge in [-0.1, -0.05) is 188 Å². The molecule has 14 aromatic rings. The van der Waals surface area contributed by atoms with Crippen molar-refractivity contribution in [3.63, 3.8) is 0 Å². The van der Waals surface area contributed by atoms with Crippen molar-refractivity contribution in [2.75, 3.05) is 9.80 Å². The Morgan fingerprint density at radius 3 is 1.12 bits per heavy atom. The van der Waals surface area contributed by atoms with E-state index in [0.717, 1.165) is 22.7 Å². The average Bonchev–Trinajstić information content (AvgIpc) is 4.09. The lowest BCUT2D eigenvalue weighted by Crippen LogP contribution is -2.61. The molecule has 3 aliphatic heterocycles. The van der Waals surface area contributed by atoms with E-state index in [0.29, 0.717) is 0 Å². The van der Waals surface area contributed by atoms with Gasteiger partial charge >= 0.3 is 0 Å². The summed E-state index contributed by atoms with van der Waals surface area (Å²) in [6.07, 6.45) is 0. The van der Waals surface area contributed by atoms with Crippen LogP contribution in [0.1, 0.15) is 0 Å². The minimum absolute atomic E-state index is 0.100. The van der Waals surface area contributed by atoms with Crippen LogP contribution in [0, 0.1) is 0 Å². The van der Waals surface area contributed by atoms with Crippen LogP contribution in [0.2, 0.25) is 0 Å². The van der Waals surface area contributed by atoms with E-state index in [2.05, 4.69) is 292 Å². The van der Waals surface area contributed by atoms with Crippen molar-refractivity contribution in [3.8, 4) is 55.9 Å². The zero-order valence-corrected chi connectivity index (χ0v) is 41.8. The normalized spacial score (nSPS) is 12.9. The summed E-state index contributed by atoms with van der Waals surface area (Å²) in [6, 6.07) is 102. The van der Waals surface area contributed by atoms with Gasteiger partial charge in [0.1, 0.15) is 0 Å². The van der Waals surface area contributed by atoms with Crippen LogP contribution >= 0.6 is 0 Å². The Hall–Kier alpha value is -10.1. The van der Waals surface area contributed by atoms with Crippen LogP contribution in [0.5, 0.6) is 0 Å². The first-order valence-electron chi connectivity index (χ1n) is 26.7. The molecule has 0 N–H and O–H groups in total. The lowest BCUT2D eigenvalue weighted by atomic mass is 9.33. The topological polar surface area (TPSA) is 16.3 Å². The van der Waals surface area contributed by atoms with Crippen molar-refractivity contribution >= 4 is 101 Å². The minimum Gasteiger partial charge on any atom is -0.311 e. The van der Waals surface area contributed by atoms with E-state index in [1.54, 1.807) is 0 Å². The van der Waals surface area contributed by atoms with Crippen LogP contribution in [-0.4, -0.2) is 15.8 Å². The number of nitrogens with zero attached hydrogens (tertiary/aromatic N) is 4. The Bertz CT molecular complexity index is 4460. The van der Waals surface area contributed by atoms with E-state index in [-0.39, 0.29) is 6.71 Å². The van der Waals surface area contributed by atoms with Crippen LogP contribution < -0.4 is 26.2 Å². The molecule has 0 spiro atoms. The molecule has 0 atom stereocenters. The molecule has 4 bridgehead atoms. The number of aromatic nitrogens is 2. The second-order valence-electron chi connectivity index (χ2n) is 20.8. The smallest absolute Gasteiger partial charge is 0.252 e. The molecule has 0 fully saturated rings. The number of anilines is 6. The molecule has 0 aliphatic carbocycles. The average molecular weight is 977 g/mol. The Labute approximate surface area is 446 Å². The summed E-state index contributed by atoms with van der Waals surface area (Å²) in [4.78, 5) is 5.12. The van der Waals surface area contributed by atoms with Gasteiger partial charge in [-0.15, -0.1) is 0 Å². The van der Waals surface area contributed by atoms with Crippen molar-refractivity contribution in [3.05, 3.63) is 273 Å². The Morgan fingerprint density at radius 1 is 0.247 bits per heavy atom. The summed E-state index contributed by atoms with van der Waals surface area (Å²) in [5.41, 5.74) is 27.4. The highest BCUT2D eigenvalue weighted by Gasteiger charge is 2.44. The zero-order chi connectivity index (χ0) is 50.3. The van der Waals surface area contributed by atoms with Crippen LogP contribution in [0.4, 0.5) is 34.1 Å². The van der Waals surface area contributed by atoms with Crippen molar-refractivity contribution in [2.24, 2.45) is 0 Å². The second-order valence-corrected chi connectivity index (χ2v) is 20.8. The molecular weight excluding hydrogens is 932 g/mol. The van der Waals surface area contributed by atoms with Gasteiger partial charge in [0.15, 0.2) is 0 Å². The number of para-hydroxylation sites is 3. The molecule has 0 radical (unpaired) electrons. The second kappa shape index (κ2) is 16.2. The van der Waals surface area contributed by atoms with Gasteiger partial charge in [0, 0.05) is 61.4 Å². The molecular formula is C72H45BN4. The van der Waals surface area contributed by atoms with E-state index in [9.17, 15) is 0 Å². The van der Waals surface area contributed by atoms with Gasteiger partial charge in [0.2, 0.25) is 0 Å². The zero-order valence-electron chi connectivity index (χ0n) is 41.8. The number of benzene rings is 12. The monoisotopic (exact) mass is 976 g/mol. The maximum absolute atomic E-state index is 2.56. The SMILES string of the molecule is c1ccc(-c2ccc(N3c4ccc5cc4B4c6cc(ccc6N(c6ccc(-c7ccccc7)cc6)c6cc(-n7c8ccccc8c8ccccc87)cc3c64)-c3cccc4c3c3c-5cccc3n4-c3ccccc3)cc2)cc1. The van der Waals surface area contributed by atoms with Crippen LogP contribution in [0.15, 0.2) is 273 Å². The first-order valence-corrected chi connectivity index (χ1v) is 26.7. The molecule has 5 heteroatoms. The Morgan fingerprint density at radius 2 is 0.636 bits per heavy atom. The molecule has 0 amide bonds. The van der Waals surface area contributed by atoms with Crippen molar-refractivity contribution < 1.29 is 0 Å². The molecule has 3 aliphatic rings. The molecule has 12 aromatic carbocycles. The molecule has 4 nitrogen and oxygen atoms in total. The Kier molecular flexibility index (Phi) is 8.90. The third kappa shape index (κ3) is 6.11. The fraction of sp³-hybridized carbons (Fsp3) is 0. The lowest BCUT2D eigenvalue weighted by molar-refractivity contribution is 1.16. The van der Waals surface area contributed by atoms with E-state index in [1.807, 2.05) is 0 Å². The number of hydrogen-bond donors (Lipinski definition) is 0. The number of hydrogen-bond acceptors (Lipinski definition) is 2. The maximum atomic E-state index is 2.56. The summed E-state index contributed by atoms with van der Waals surface area (Å²) in [5.74, 6) is 0. The molecule has 356 valence electrons. The first kappa shape index (κ1) is 42.3. The molecule has 0 saturated heterocycles. The fourth-order valence-corrected chi connectivity index (χ4v) is 13.5. The number of fused-ring (bicyclic) bond motifs is 7. The van der Waals surface area contributed by atoms with E-state index in [4.69, 9.17) is 0 Å². The summed E-state index contributed by atoms with van der Waals surface area (Å²) >= 11 is 0. The first-order chi connectivity index (χ1) is 38.2. The quantitative estimate of drug-likeness (QED) is 0.154. The van der Waals surface area contributed by atoms with Crippen molar-refractivity contribution in [1.29, 1.82) is 0 Å². The van der Waals surface area contributed by atoms with Crippen LogP contribution in [-0.2, 0) is 0 Å². The summed E-state index contributed by atoms with van der Waals surface area (Å²) < 4.78 is 4.95. The van der Waals surface area contributed by atoms with Gasteiger partial charge in [-0.25, -0.2) is 0 Å². The van der Waals surface area contributed by atoms with E-state index >= 15 is 0 Å². The lowest BCUT2D eigenvalue weighted by Gasteiger charge is -2.44. The summed E-state index contributed by atoms with van der Waals surface area (Å²) in [7, 11) is 0. The van der Waals surface area contributed by atoms with E-state index < -0.39 is 0 Å². The predicted octanol–water partition coefficient (Wildman–Crippen LogP) is 16.9. The molecule has 5 heterocycles. The van der Waals surface area contributed by atoms with Gasteiger partial charge < -0.3 is 18.9 Å². The minimum atomic E-state index is -0.100. The largest absolute Gasteiger partial charge is 0.311 e. The fourth-order valence-electron chi connectivity index (χ4n) is 13.5. The van der Waals surface area contributed by atoms with Gasteiger partial charge in [0.25, 0.3) is 6.71 Å². The van der Waals surface area contributed by atoms with Gasteiger partial charge in [-0.2, -0.15) is 0 Å². The van der Waals surface area contributed by atoms with Gasteiger partial charge in [-0.05, 0) is 146 Å². The van der Waals surface area contributed by atoms with Gasteiger partial charge in [0.05, 0.1) is 27.8 Å². The van der Waals surface area contributed by atoms with Crippen molar-refractivity contribution in [1.82, 2.24) is 9.13 Å². The highest BCUT2D eigenvalue weighted by Crippen LogP contribution is 2.50. The summed E-state index contributed by atoms with van der Waals surface area (Å²) in [6.45, 7) is -0.100. The maximum Gasteiger partial charge on any atom is 0.252 e. The summed E-state index contributed by atoms with van der Waals surface area (Å²) in [5, 5.41) is 5.01. The molecule has 0 saturated carbocycles. The van der Waals surface area contributed by atoms with Gasteiger partial charge in [-0.3, -0.25) is 0 Å². The number of rotatable bonds is 6. The third-order valence-corrected chi connectivity index (χ3v) is 16.8. The highest BCUT2D eigenvalue weighted by atomic mass is 15.2. The molecule has 77 heavy (non-hydrogen) atoms.